The van der Waals surface area contributed by atoms with Gasteiger partial charge >= 0.3 is 4.87 Å². The van der Waals surface area contributed by atoms with Crippen LogP contribution in [0, 0.1) is 11.7 Å². The molecule has 7 heteroatoms. The largest absolute Gasteiger partial charge is 0.390 e. The van der Waals surface area contributed by atoms with Crippen LogP contribution < -0.4 is 4.87 Å². The van der Waals surface area contributed by atoms with Gasteiger partial charge in [0.2, 0.25) is 0 Å². The number of rotatable bonds is 5. The lowest BCUT2D eigenvalue weighted by Crippen LogP contribution is -2.39. The molecule has 0 saturated carbocycles. The third-order valence-corrected chi connectivity index (χ3v) is 6.94. The van der Waals surface area contributed by atoms with E-state index in [2.05, 4.69) is 15.0 Å². The van der Waals surface area contributed by atoms with Gasteiger partial charge in [0.15, 0.2) is 0 Å². The summed E-state index contributed by atoms with van der Waals surface area (Å²) >= 11 is 1.22. The molecule has 156 valence electrons. The molecule has 1 N–H and O–H groups in total. The lowest BCUT2D eigenvalue weighted by molar-refractivity contribution is 0.0419. The molecule has 1 fully saturated rings. The van der Waals surface area contributed by atoms with Gasteiger partial charge < -0.3 is 9.82 Å². The molecule has 1 atom stereocenters. The average Bonchev–Trinajstić information content (AvgIpc) is 3.36. The van der Waals surface area contributed by atoms with Crippen molar-refractivity contribution >= 4 is 27.3 Å². The molecular formula is C23H24FN3O2S. The molecule has 0 radical (unpaired) electrons. The molecule has 0 spiro atoms. The lowest BCUT2D eigenvalue weighted by Gasteiger charge is -2.33. The Kier molecular flexibility index (Phi) is 5.39. The number of thiazole rings is 1. The van der Waals surface area contributed by atoms with Crippen molar-refractivity contribution < 1.29 is 9.23 Å². The topological polar surface area (TPSA) is 57.7 Å². The second-order valence-electron chi connectivity index (χ2n) is 8.27. The van der Waals surface area contributed by atoms with E-state index in [9.17, 15) is 9.18 Å². The predicted octanol–water partition coefficient (Wildman–Crippen LogP) is 4.18. The molecule has 3 aromatic rings. The van der Waals surface area contributed by atoms with Crippen molar-refractivity contribution in [1.29, 1.82) is 0 Å². The second kappa shape index (κ2) is 8.32. The summed E-state index contributed by atoms with van der Waals surface area (Å²) in [4.78, 5) is 22.5. The number of likely N-dealkylation sites (tertiary alicyclic amines) is 1. The number of benzene rings is 2. The maximum absolute atomic E-state index is 13.1. The lowest BCUT2D eigenvalue weighted by atomic mass is 9.90. The van der Waals surface area contributed by atoms with E-state index in [0.29, 0.717) is 5.92 Å². The highest BCUT2D eigenvalue weighted by Gasteiger charge is 2.27. The number of H-pyrrole nitrogens is 1. The normalized spacial score (nSPS) is 20.4. The number of aromatic nitrogens is 1. The van der Waals surface area contributed by atoms with Gasteiger partial charge in [-0.05, 0) is 68.1 Å². The van der Waals surface area contributed by atoms with Gasteiger partial charge in [0.05, 0.1) is 15.9 Å². The Balaban J connectivity index is 1.12. The van der Waals surface area contributed by atoms with Crippen LogP contribution in [0.25, 0.3) is 10.2 Å². The molecule has 1 saturated heterocycles. The van der Waals surface area contributed by atoms with Crippen LogP contribution in [0.4, 0.5) is 4.39 Å². The molecular weight excluding hydrogens is 401 g/mol. The highest BCUT2D eigenvalue weighted by Crippen LogP contribution is 2.25. The molecule has 2 aliphatic heterocycles. The molecule has 2 aliphatic rings. The maximum atomic E-state index is 13.1. The van der Waals surface area contributed by atoms with Crippen LogP contribution in [0.15, 0.2) is 52.4 Å². The molecule has 0 amide bonds. The summed E-state index contributed by atoms with van der Waals surface area (Å²) in [7, 11) is 0. The van der Waals surface area contributed by atoms with E-state index in [-0.39, 0.29) is 16.8 Å². The zero-order chi connectivity index (χ0) is 20.5. The van der Waals surface area contributed by atoms with Gasteiger partial charge in [0.25, 0.3) is 0 Å². The zero-order valence-corrected chi connectivity index (χ0v) is 17.5. The number of piperidine rings is 1. The number of aromatic amines is 1. The summed E-state index contributed by atoms with van der Waals surface area (Å²) in [6.07, 6.45) is 4.20. The van der Waals surface area contributed by atoms with Gasteiger partial charge in [-0.15, -0.1) is 0 Å². The number of hydrogen-bond donors (Lipinski definition) is 1. The number of fused-ring (bicyclic) bond motifs is 1. The molecule has 1 aromatic heterocycles. The van der Waals surface area contributed by atoms with Gasteiger partial charge in [0, 0.05) is 18.5 Å². The fourth-order valence-electron chi connectivity index (χ4n) is 4.44. The van der Waals surface area contributed by atoms with Crippen molar-refractivity contribution in [2.75, 3.05) is 19.6 Å². The van der Waals surface area contributed by atoms with Crippen molar-refractivity contribution in [2.24, 2.45) is 11.1 Å². The first-order valence-electron chi connectivity index (χ1n) is 10.4. The predicted molar refractivity (Wildman–Crippen MR) is 118 cm³/mol. The van der Waals surface area contributed by atoms with Crippen LogP contribution in [0.2, 0.25) is 0 Å². The highest BCUT2D eigenvalue weighted by molar-refractivity contribution is 7.16. The standard InChI is InChI=1S/C23H24FN3O2S/c24-18-4-1-15(2-5-18)11-16-7-9-27(10-8-16)14-19-13-21(26-29-19)17-3-6-20-22(12-17)30-23(28)25-20/h1-6,12,16,19H,7-11,13-14H2,(H,25,28). The summed E-state index contributed by atoms with van der Waals surface area (Å²) in [6.45, 7) is 3.00. The fraction of sp³-hybridized carbons (Fsp3) is 0.391. The summed E-state index contributed by atoms with van der Waals surface area (Å²) < 4.78 is 14.0. The minimum Gasteiger partial charge on any atom is -0.390 e. The van der Waals surface area contributed by atoms with E-state index < -0.39 is 0 Å². The van der Waals surface area contributed by atoms with Crippen molar-refractivity contribution in [2.45, 2.75) is 31.8 Å². The Morgan fingerprint density at radius 2 is 1.97 bits per heavy atom. The molecule has 30 heavy (non-hydrogen) atoms. The Morgan fingerprint density at radius 1 is 1.17 bits per heavy atom. The van der Waals surface area contributed by atoms with Crippen molar-refractivity contribution in [3.8, 4) is 0 Å². The fourth-order valence-corrected chi connectivity index (χ4v) is 5.21. The molecule has 2 aromatic carbocycles. The first kappa shape index (κ1) is 19.5. The summed E-state index contributed by atoms with van der Waals surface area (Å²) in [5.74, 6) is 0.485. The highest BCUT2D eigenvalue weighted by atomic mass is 32.1. The van der Waals surface area contributed by atoms with Crippen LogP contribution in [-0.2, 0) is 11.3 Å². The van der Waals surface area contributed by atoms with E-state index in [1.165, 1.54) is 16.9 Å². The number of hydrogen-bond acceptors (Lipinski definition) is 5. The minimum atomic E-state index is -0.171. The molecule has 5 nitrogen and oxygen atoms in total. The van der Waals surface area contributed by atoms with Crippen molar-refractivity contribution in [3.05, 3.63) is 69.1 Å². The smallest absolute Gasteiger partial charge is 0.305 e. The molecule has 1 unspecified atom stereocenters. The summed E-state index contributed by atoms with van der Waals surface area (Å²) in [5.41, 5.74) is 4.07. The molecule has 0 aliphatic carbocycles. The minimum absolute atomic E-state index is 0.0348. The van der Waals surface area contributed by atoms with E-state index in [4.69, 9.17) is 4.84 Å². The number of nitrogens with zero attached hydrogens (tertiary/aromatic N) is 2. The van der Waals surface area contributed by atoms with Crippen LogP contribution in [-0.4, -0.2) is 41.3 Å². The molecule has 0 bridgehead atoms. The van der Waals surface area contributed by atoms with Gasteiger partial charge in [0.1, 0.15) is 11.9 Å². The Hall–Kier alpha value is -2.51. The second-order valence-corrected chi connectivity index (χ2v) is 9.28. The summed E-state index contributed by atoms with van der Waals surface area (Å²) in [6, 6.07) is 12.8. The average molecular weight is 426 g/mol. The number of nitrogens with one attached hydrogen (secondary N) is 1. The SMILES string of the molecule is O=c1[nH]c2ccc(C3=NOC(CN4CCC(Cc5ccc(F)cc5)CC4)C3)cc2s1. The van der Waals surface area contributed by atoms with Crippen molar-refractivity contribution in [1.82, 2.24) is 9.88 Å². The molecule has 3 heterocycles. The van der Waals surface area contributed by atoms with Gasteiger partial charge in [-0.3, -0.25) is 9.69 Å². The number of oxime groups is 1. The third-order valence-electron chi connectivity index (χ3n) is 6.09. The van der Waals surface area contributed by atoms with E-state index >= 15 is 0 Å². The Morgan fingerprint density at radius 3 is 2.77 bits per heavy atom. The van der Waals surface area contributed by atoms with Crippen LogP contribution in [0.3, 0.4) is 0 Å². The van der Waals surface area contributed by atoms with E-state index in [1.54, 1.807) is 12.1 Å². The Bertz CT molecular complexity index is 1110. The van der Waals surface area contributed by atoms with Gasteiger partial charge in [-0.25, -0.2) is 4.39 Å². The Labute approximate surface area is 178 Å². The molecule has 5 rings (SSSR count). The first-order chi connectivity index (χ1) is 14.6. The van der Waals surface area contributed by atoms with E-state index in [0.717, 1.165) is 66.8 Å². The number of halogens is 1. The van der Waals surface area contributed by atoms with Crippen molar-refractivity contribution in [3.63, 3.8) is 0 Å². The van der Waals surface area contributed by atoms with E-state index in [1.807, 2.05) is 30.3 Å². The quantitative estimate of drug-likeness (QED) is 0.667. The van der Waals surface area contributed by atoms with Crippen LogP contribution in [0.1, 0.15) is 30.4 Å². The van der Waals surface area contributed by atoms with Crippen LogP contribution >= 0.6 is 11.3 Å². The monoisotopic (exact) mass is 425 g/mol. The van der Waals surface area contributed by atoms with Gasteiger partial charge in [-0.2, -0.15) is 0 Å². The third kappa shape index (κ3) is 4.32. The first-order valence-corrected chi connectivity index (χ1v) is 11.3. The zero-order valence-electron chi connectivity index (χ0n) is 16.6. The summed E-state index contributed by atoms with van der Waals surface area (Å²) in [5, 5.41) is 4.32. The van der Waals surface area contributed by atoms with Gasteiger partial charge in [-0.1, -0.05) is 34.7 Å². The van der Waals surface area contributed by atoms with Crippen LogP contribution in [0.5, 0.6) is 0 Å². The maximum Gasteiger partial charge on any atom is 0.305 e.